The summed E-state index contributed by atoms with van der Waals surface area (Å²) in [5.41, 5.74) is 1.83. The first kappa shape index (κ1) is 19.5. The molecule has 0 saturated carbocycles. The summed E-state index contributed by atoms with van der Waals surface area (Å²) in [5, 5.41) is 5.69. The number of benzene rings is 2. The van der Waals surface area contributed by atoms with Crippen molar-refractivity contribution in [1.82, 2.24) is 10.6 Å². The summed E-state index contributed by atoms with van der Waals surface area (Å²) in [6.07, 6.45) is 3.80. The quantitative estimate of drug-likeness (QED) is 0.756. The highest BCUT2D eigenvalue weighted by Crippen LogP contribution is 2.31. The van der Waals surface area contributed by atoms with Crippen LogP contribution in [0, 0.1) is 0 Å². The van der Waals surface area contributed by atoms with Crippen molar-refractivity contribution in [3.8, 4) is 11.5 Å². The van der Waals surface area contributed by atoms with Gasteiger partial charge in [0.2, 0.25) is 11.8 Å². The molecular formula is C22H24N2O4. The van der Waals surface area contributed by atoms with Gasteiger partial charge >= 0.3 is 0 Å². The van der Waals surface area contributed by atoms with Gasteiger partial charge in [-0.05, 0) is 36.8 Å². The Labute approximate surface area is 164 Å². The van der Waals surface area contributed by atoms with Crippen molar-refractivity contribution < 1.29 is 19.1 Å². The summed E-state index contributed by atoms with van der Waals surface area (Å²) in [5.74, 6) is 0.985. The van der Waals surface area contributed by atoms with Crippen LogP contribution < -0.4 is 20.1 Å². The SMILES string of the molecule is COc1ccc(/C=C/C(=O)NC(C)C(=O)NC2CCOc3ccccc32)cc1. The van der Waals surface area contributed by atoms with Crippen LogP contribution >= 0.6 is 0 Å². The molecule has 2 N–H and O–H groups in total. The summed E-state index contributed by atoms with van der Waals surface area (Å²) in [6, 6.07) is 14.2. The van der Waals surface area contributed by atoms with E-state index < -0.39 is 6.04 Å². The zero-order chi connectivity index (χ0) is 19.9. The Balaban J connectivity index is 1.54. The van der Waals surface area contributed by atoms with Crippen molar-refractivity contribution in [3.05, 3.63) is 65.7 Å². The second kappa shape index (κ2) is 9.08. The van der Waals surface area contributed by atoms with Crippen molar-refractivity contribution in [2.75, 3.05) is 13.7 Å². The van der Waals surface area contributed by atoms with Gasteiger partial charge in [-0.25, -0.2) is 0 Å². The van der Waals surface area contributed by atoms with Gasteiger partial charge in [0.25, 0.3) is 0 Å². The average molecular weight is 380 g/mol. The van der Waals surface area contributed by atoms with Gasteiger partial charge in [-0.1, -0.05) is 30.3 Å². The molecule has 2 atom stereocenters. The molecule has 6 nitrogen and oxygen atoms in total. The molecule has 0 aliphatic carbocycles. The number of fused-ring (bicyclic) bond motifs is 1. The van der Waals surface area contributed by atoms with Crippen molar-refractivity contribution in [3.63, 3.8) is 0 Å². The summed E-state index contributed by atoms with van der Waals surface area (Å²) >= 11 is 0. The van der Waals surface area contributed by atoms with Gasteiger partial charge in [0, 0.05) is 18.1 Å². The fourth-order valence-corrected chi connectivity index (χ4v) is 3.00. The number of hydrogen-bond donors (Lipinski definition) is 2. The molecule has 0 bridgehead atoms. The number of amides is 2. The molecule has 28 heavy (non-hydrogen) atoms. The number of carbonyl (C=O) groups is 2. The van der Waals surface area contributed by atoms with Crippen LogP contribution in [0.15, 0.2) is 54.6 Å². The lowest BCUT2D eigenvalue weighted by Crippen LogP contribution is -2.46. The molecule has 1 aliphatic rings. The third kappa shape index (κ3) is 4.91. The molecule has 6 heteroatoms. The monoisotopic (exact) mass is 380 g/mol. The van der Waals surface area contributed by atoms with E-state index in [1.165, 1.54) is 6.08 Å². The van der Waals surface area contributed by atoms with E-state index in [0.29, 0.717) is 13.0 Å². The maximum absolute atomic E-state index is 12.5. The second-order valence-corrected chi connectivity index (χ2v) is 6.57. The lowest BCUT2D eigenvalue weighted by Gasteiger charge is -2.27. The number of ether oxygens (including phenoxy) is 2. The van der Waals surface area contributed by atoms with Gasteiger partial charge in [-0.15, -0.1) is 0 Å². The lowest BCUT2D eigenvalue weighted by atomic mass is 10.0. The van der Waals surface area contributed by atoms with E-state index >= 15 is 0 Å². The van der Waals surface area contributed by atoms with E-state index in [1.54, 1.807) is 20.1 Å². The molecule has 0 spiro atoms. The van der Waals surface area contributed by atoms with Gasteiger partial charge in [0.15, 0.2) is 0 Å². The predicted octanol–water partition coefficient (Wildman–Crippen LogP) is 2.85. The maximum atomic E-state index is 12.5. The van der Waals surface area contributed by atoms with Crippen LogP contribution in [0.2, 0.25) is 0 Å². The summed E-state index contributed by atoms with van der Waals surface area (Å²) in [7, 11) is 1.60. The summed E-state index contributed by atoms with van der Waals surface area (Å²) in [6.45, 7) is 2.22. The van der Waals surface area contributed by atoms with E-state index in [4.69, 9.17) is 9.47 Å². The number of para-hydroxylation sites is 1. The molecule has 2 aromatic carbocycles. The van der Waals surface area contributed by atoms with Crippen molar-refractivity contribution >= 4 is 17.9 Å². The van der Waals surface area contributed by atoms with Crippen LogP contribution in [-0.4, -0.2) is 31.6 Å². The van der Waals surface area contributed by atoms with Gasteiger partial charge < -0.3 is 20.1 Å². The first-order valence-electron chi connectivity index (χ1n) is 9.21. The largest absolute Gasteiger partial charge is 0.497 e. The van der Waals surface area contributed by atoms with Gasteiger partial charge in [0.05, 0.1) is 19.8 Å². The van der Waals surface area contributed by atoms with E-state index in [2.05, 4.69) is 10.6 Å². The second-order valence-electron chi connectivity index (χ2n) is 6.57. The molecule has 146 valence electrons. The highest BCUT2D eigenvalue weighted by atomic mass is 16.5. The number of methoxy groups -OCH3 is 1. The minimum Gasteiger partial charge on any atom is -0.497 e. The van der Waals surface area contributed by atoms with Crippen LogP contribution in [-0.2, 0) is 9.59 Å². The fraction of sp³-hybridized carbons (Fsp3) is 0.273. The van der Waals surface area contributed by atoms with E-state index in [1.807, 2.05) is 48.5 Å². The lowest BCUT2D eigenvalue weighted by molar-refractivity contribution is -0.127. The Morgan fingerprint density at radius 3 is 2.68 bits per heavy atom. The highest BCUT2D eigenvalue weighted by Gasteiger charge is 2.24. The Hall–Kier alpha value is -3.28. The predicted molar refractivity (Wildman–Crippen MR) is 107 cm³/mol. The first-order valence-corrected chi connectivity index (χ1v) is 9.21. The molecule has 0 radical (unpaired) electrons. The summed E-state index contributed by atoms with van der Waals surface area (Å²) < 4.78 is 10.7. The minimum absolute atomic E-state index is 0.119. The topological polar surface area (TPSA) is 76.7 Å². The fourth-order valence-electron chi connectivity index (χ4n) is 3.00. The number of rotatable bonds is 6. The van der Waals surface area contributed by atoms with E-state index in [0.717, 1.165) is 22.6 Å². The minimum atomic E-state index is -0.650. The molecule has 0 fully saturated rings. The molecule has 0 saturated heterocycles. The van der Waals surface area contributed by atoms with Crippen molar-refractivity contribution in [2.24, 2.45) is 0 Å². The van der Waals surface area contributed by atoms with E-state index in [9.17, 15) is 9.59 Å². The third-order valence-corrected chi connectivity index (χ3v) is 4.57. The standard InChI is InChI=1S/C22H24N2O4/c1-15(23-21(25)12-9-16-7-10-17(27-2)11-8-16)22(26)24-19-13-14-28-20-6-4-3-5-18(19)20/h3-12,15,19H,13-14H2,1-2H3,(H,23,25)(H,24,26)/b12-9+. The number of carbonyl (C=O) groups excluding carboxylic acids is 2. The Bertz CT molecular complexity index is 861. The zero-order valence-electron chi connectivity index (χ0n) is 16.0. The maximum Gasteiger partial charge on any atom is 0.244 e. The Morgan fingerprint density at radius 1 is 1.18 bits per heavy atom. The Morgan fingerprint density at radius 2 is 1.93 bits per heavy atom. The van der Waals surface area contributed by atoms with Crippen molar-refractivity contribution in [2.45, 2.75) is 25.4 Å². The molecule has 1 aliphatic heterocycles. The van der Waals surface area contributed by atoms with Crippen LogP contribution in [0.3, 0.4) is 0 Å². The molecule has 2 aromatic rings. The molecule has 2 unspecified atom stereocenters. The van der Waals surface area contributed by atoms with Crippen LogP contribution in [0.25, 0.3) is 6.08 Å². The molecular weight excluding hydrogens is 356 g/mol. The number of nitrogens with one attached hydrogen (secondary N) is 2. The third-order valence-electron chi connectivity index (χ3n) is 4.57. The number of hydrogen-bond acceptors (Lipinski definition) is 4. The van der Waals surface area contributed by atoms with Crippen LogP contribution in [0.1, 0.15) is 30.5 Å². The highest BCUT2D eigenvalue weighted by molar-refractivity contribution is 5.95. The van der Waals surface area contributed by atoms with Crippen LogP contribution in [0.4, 0.5) is 0 Å². The first-order chi connectivity index (χ1) is 13.6. The average Bonchev–Trinajstić information content (AvgIpc) is 2.73. The van der Waals surface area contributed by atoms with Gasteiger partial charge in [0.1, 0.15) is 17.5 Å². The van der Waals surface area contributed by atoms with Crippen LogP contribution in [0.5, 0.6) is 11.5 Å². The van der Waals surface area contributed by atoms with E-state index in [-0.39, 0.29) is 17.9 Å². The van der Waals surface area contributed by atoms with Gasteiger partial charge in [-0.2, -0.15) is 0 Å². The normalized spacial score (nSPS) is 16.6. The molecule has 3 rings (SSSR count). The summed E-state index contributed by atoms with van der Waals surface area (Å²) in [4.78, 5) is 24.6. The zero-order valence-corrected chi connectivity index (χ0v) is 16.0. The van der Waals surface area contributed by atoms with Gasteiger partial charge in [-0.3, -0.25) is 9.59 Å². The molecule has 0 aromatic heterocycles. The Kier molecular flexibility index (Phi) is 6.32. The molecule has 1 heterocycles. The van der Waals surface area contributed by atoms with Crippen molar-refractivity contribution in [1.29, 1.82) is 0 Å². The smallest absolute Gasteiger partial charge is 0.244 e. The molecule has 2 amide bonds.